The predicted molar refractivity (Wildman–Crippen MR) is 71.5 cm³/mol. The van der Waals surface area contributed by atoms with E-state index < -0.39 is 0 Å². The molecule has 0 aromatic heterocycles. The smallest absolute Gasteiger partial charge is 0.115 e. The molecule has 0 saturated heterocycles. The molecule has 0 aliphatic rings. The molecule has 0 aliphatic carbocycles. The Morgan fingerprint density at radius 3 is 2.22 bits per heavy atom. The van der Waals surface area contributed by atoms with Gasteiger partial charge in [0, 0.05) is 5.02 Å². The van der Waals surface area contributed by atoms with Crippen LogP contribution in [0.5, 0.6) is 5.75 Å². The Kier molecular flexibility index (Phi) is 3.79. The fourth-order valence-corrected chi connectivity index (χ4v) is 1.68. The number of nitrogens with zero attached hydrogens (tertiary/aromatic N) is 2. The van der Waals surface area contributed by atoms with E-state index in [-0.39, 0.29) is 5.75 Å². The highest BCUT2D eigenvalue weighted by Crippen LogP contribution is 2.21. The number of benzene rings is 2. The third kappa shape index (κ3) is 2.99. The molecule has 0 saturated carbocycles. The third-order valence-electron chi connectivity index (χ3n) is 2.49. The summed E-state index contributed by atoms with van der Waals surface area (Å²) in [6.07, 6.45) is 0. The highest BCUT2D eigenvalue weighted by Gasteiger charge is 2.07. The number of nitroso groups, excluding NO2 is 1. The second-order valence-electron chi connectivity index (χ2n) is 3.78. The van der Waals surface area contributed by atoms with Gasteiger partial charge in [-0.2, -0.15) is 0 Å². The SMILES string of the molecule is O=NN(Cc1ccc(O)cc1)c1ccc(Cl)cc1. The number of hydrogen-bond donors (Lipinski definition) is 1. The highest BCUT2D eigenvalue weighted by atomic mass is 35.5. The van der Waals surface area contributed by atoms with E-state index in [9.17, 15) is 10.0 Å². The first-order valence-electron chi connectivity index (χ1n) is 5.33. The highest BCUT2D eigenvalue weighted by molar-refractivity contribution is 6.30. The normalized spacial score (nSPS) is 10.1. The Labute approximate surface area is 109 Å². The molecule has 0 spiro atoms. The second-order valence-corrected chi connectivity index (χ2v) is 4.22. The summed E-state index contributed by atoms with van der Waals surface area (Å²) in [4.78, 5) is 10.9. The van der Waals surface area contributed by atoms with Gasteiger partial charge in [0.2, 0.25) is 0 Å². The molecule has 0 aliphatic heterocycles. The molecule has 92 valence electrons. The van der Waals surface area contributed by atoms with Crippen molar-refractivity contribution in [2.24, 2.45) is 5.29 Å². The minimum atomic E-state index is 0.191. The largest absolute Gasteiger partial charge is 0.508 e. The minimum Gasteiger partial charge on any atom is -0.508 e. The van der Waals surface area contributed by atoms with Crippen LogP contribution < -0.4 is 5.01 Å². The first-order chi connectivity index (χ1) is 8.69. The number of phenolic OH excluding ortho intramolecular Hbond substituents is 1. The van der Waals surface area contributed by atoms with Crippen LogP contribution in [0, 0.1) is 4.91 Å². The molecule has 0 heterocycles. The molecular formula is C13H11ClN2O2. The zero-order valence-corrected chi connectivity index (χ0v) is 10.2. The van der Waals surface area contributed by atoms with Crippen LogP contribution in [-0.4, -0.2) is 5.11 Å². The Bertz CT molecular complexity index is 526. The van der Waals surface area contributed by atoms with Gasteiger partial charge in [-0.25, -0.2) is 5.01 Å². The van der Waals surface area contributed by atoms with Gasteiger partial charge in [-0.05, 0) is 42.0 Å². The van der Waals surface area contributed by atoms with Gasteiger partial charge in [-0.3, -0.25) is 0 Å². The van der Waals surface area contributed by atoms with E-state index in [2.05, 4.69) is 5.29 Å². The lowest BCUT2D eigenvalue weighted by Crippen LogP contribution is -2.14. The van der Waals surface area contributed by atoms with Crippen LogP contribution in [0.3, 0.4) is 0 Å². The van der Waals surface area contributed by atoms with Crippen molar-refractivity contribution in [3.8, 4) is 5.75 Å². The van der Waals surface area contributed by atoms with E-state index in [1.165, 1.54) is 5.01 Å². The van der Waals surface area contributed by atoms with Crippen LogP contribution >= 0.6 is 11.6 Å². The van der Waals surface area contributed by atoms with E-state index in [0.717, 1.165) is 5.56 Å². The summed E-state index contributed by atoms with van der Waals surface area (Å²) in [7, 11) is 0. The molecule has 2 aromatic rings. The summed E-state index contributed by atoms with van der Waals surface area (Å²) in [5.41, 5.74) is 1.55. The van der Waals surface area contributed by atoms with Gasteiger partial charge >= 0.3 is 0 Å². The maximum absolute atomic E-state index is 10.9. The summed E-state index contributed by atoms with van der Waals surface area (Å²) < 4.78 is 0. The zero-order chi connectivity index (χ0) is 13.0. The Morgan fingerprint density at radius 1 is 1.06 bits per heavy atom. The van der Waals surface area contributed by atoms with Crippen molar-refractivity contribution in [3.05, 3.63) is 64.0 Å². The molecule has 0 atom stereocenters. The average molecular weight is 263 g/mol. The number of phenols is 1. The summed E-state index contributed by atoms with van der Waals surface area (Å²) in [5.74, 6) is 0.191. The van der Waals surface area contributed by atoms with Crippen LogP contribution in [-0.2, 0) is 6.54 Å². The summed E-state index contributed by atoms with van der Waals surface area (Å²) in [6.45, 7) is 0.339. The molecule has 1 N–H and O–H groups in total. The van der Waals surface area contributed by atoms with Crippen molar-refractivity contribution in [2.75, 3.05) is 5.01 Å². The molecule has 0 bridgehead atoms. The van der Waals surface area contributed by atoms with Gasteiger partial charge in [-0.15, -0.1) is 4.91 Å². The number of halogens is 1. The Morgan fingerprint density at radius 2 is 1.67 bits per heavy atom. The standard InChI is InChI=1S/C13H11ClN2O2/c14-11-3-5-12(6-4-11)16(15-18)9-10-1-7-13(17)8-2-10/h1-8,17H,9H2. The van der Waals surface area contributed by atoms with Crippen LogP contribution in [0.4, 0.5) is 5.69 Å². The van der Waals surface area contributed by atoms with Crippen LogP contribution in [0.2, 0.25) is 5.02 Å². The molecule has 5 heteroatoms. The van der Waals surface area contributed by atoms with Gasteiger partial charge in [-0.1, -0.05) is 23.7 Å². The second kappa shape index (κ2) is 5.51. The van der Waals surface area contributed by atoms with E-state index in [1.807, 2.05) is 0 Å². The number of aromatic hydroxyl groups is 1. The van der Waals surface area contributed by atoms with Crippen molar-refractivity contribution >= 4 is 17.3 Å². The number of rotatable bonds is 4. The lowest BCUT2D eigenvalue weighted by atomic mass is 10.2. The summed E-state index contributed by atoms with van der Waals surface area (Å²) >= 11 is 5.78. The molecule has 0 unspecified atom stereocenters. The molecule has 2 aromatic carbocycles. The lowest BCUT2D eigenvalue weighted by molar-refractivity contribution is 0.475. The maximum atomic E-state index is 10.9. The van der Waals surface area contributed by atoms with Crippen LogP contribution in [0.1, 0.15) is 5.56 Å². The monoisotopic (exact) mass is 262 g/mol. The fraction of sp³-hybridized carbons (Fsp3) is 0.0769. The van der Waals surface area contributed by atoms with Crippen LogP contribution in [0.15, 0.2) is 53.8 Å². The maximum Gasteiger partial charge on any atom is 0.115 e. The Hall–Kier alpha value is -2.07. The third-order valence-corrected chi connectivity index (χ3v) is 2.74. The topological polar surface area (TPSA) is 52.9 Å². The van der Waals surface area contributed by atoms with Crippen molar-refractivity contribution in [2.45, 2.75) is 6.54 Å². The van der Waals surface area contributed by atoms with E-state index in [0.29, 0.717) is 17.3 Å². The molecule has 18 heavy (non-hydrogen) atoms. The van der Waals surface area contributed by atoms with E-state index >= 15 is 0 Å². The first kappa shape index (κ1) is 12.4. The number of hydrogen-bond acceptors (Lipinski definition) is 3. The van der Waals surface area contributed by atoms with Gasteiger partial charge in [0.15, 0.2) is 0 Å². The molecule has 0 fully saturated rings. The van der Waals surface area contributed by atoms with Crippen LogP contribution in [0.25, 0.3) is 0 Å². The van der Waals surface area contributed by atoms with Gasteiger partial charge in [0.25, 0.3) is 0 Å². The minimum absolute atomic E-state index is 0.191. The molecule has 4 nitrogen and oxygen atoms in total. The van der Waals surface area contributed by atoms with Gasteiger partial charge in [0.1, 0.15) is 5.75 Å². The van der Waals surface area contributed by atoms with E-state index in [4.69, 9.17) is 11.6 Å². The Balaban J connectivity index is 2.16. The van der Waals surface area contributed by atoms with Crippen molar-refractivity contribution in [1.29, 1.82) is 0 Å². The zero-order valence-electron chi connectivity index (χ0n) is 9.45. The first-order valence-corrected chi connectivity index (χ1v) is 5.71. The molecular weight excluding hydrogens is 252 g/mol. The number of anilines is 1. The average Bonchev–Trinajstić information content (AvgIpc) is 2.39. The predicted octanol–water partition coefficient (Wildman–Crippen LogP) is 3.73. The summed E-state index contributed by atoms with van der Waals surface area (Å²) in [5, 5.41) is 14.1. The van der Waals surface area contributed by atoms with Gasteiger partial charge < -0.3 is 5.11 Å². The van der Waals surface area contributed by atoms with Gasteiger partial charge in [0.05, 0.1) is 17.5 Å². The summed E-state index contributed by atoms with van der Waals surface area (Å²) in [6, 6.07) is 13.5. The molecule has 2 rings (SSSR count). The molecule has 0 radical (unpaired) electrons. The van der Waals surface area contributed by atoms with Crippen molar-refractivity contribution in [3.63, 3.8) is 0 Å². The lowest BCUT2D eigenvalue weighted by Gasteiger charge is -2.15. The fourth-order valence-electron chi connectivity index (χ4n) is 1.55. The molecule has 0 amide bonds. The van der Waals surface area contributed by atoms with Crippen molar-refractivity contribution in [1.82, 2.24) is 0 Å². The quantitative estimate of drug-likeness (QED) is 0.675. The van der Waals surface area contributed by atoms with Crippen molar-refractivity contribution < 1.29 is 5.11 Å². The van der Waals surface area contributed by atoms with E-state index in [1.54, 1.807) is 48.5 Å².